The lowest BCUT2D eigenvalue weighted by Gasteiger charge is -2.10. The van der Waals surface area contributed by atoms with Crippen LogP contribution in [0.1, 0.15) is 17.3 Å². The van der Waals surface area contributed by atoms with Gasteiger partial charge in [0.05, 0.1) is 12.7 Å². The van der Waals surface area contributed by atoms with Gasteiger partial charge in [-0.2, -0.15) is 0 Å². The number of carbonyl (C=O) groups excluding carboxylic acids is 1. The van der Waals surface area contributed by atoms with Gasteiger partial charge in [0.1, 0.15) is 5.82 Å². The second-order valence-electron chi connectivity index (χ2n) is 3.96. The second kappa shape index (κ2) is 6.61. The summed E-state index contributed by atoms with van der Waals surface area (Å²) in [6.07, 6.45) is 0. The molecule has 0 radical (unpaired) electrons. The molecule has 0 aliphatic heterocycles. The lowest BCUT2D eigenvalue weighted by atomic mass is 10.2. The fourth-order valence-electron chi connectivity index (χ4n) is 1.25. The van der Waals surface area contributed by atoms with Crippen molar-refractivity contribution in [1.82, 2.24) is 0 Å². The maximum atomic E-state index is 13.6. The van der Waals surface area contributed by atoms with Crippen LogP contribution in [-0.2, 0) is 4.74 Å². The monoisotopic (exact) mass is 273 g/mol. The third kappa shape index (κ3) is 3.61. The van der Waals surface area contributed by atoms with E-state index in [1.807, 2.05) is 6.92 Å². The Morgan fingerprint density at radius 3 is 2.83 bits per heavy atom. The van der Waals surface area contributed by atoms with E-state index in [1.54, 1.807) is 0 Å². The largest absolute Gasteiger partial charge is 0.465 e. The quantitative estimate of drug-likeness (QED) is 0.487. The first kappa shape index (κ1) is 14.8. The van der Waals surface area contributed by atoms with Crippen LogP contribution >= 0.6 is 11.8 Å². The van der Waals surface area contributed by atoms with Gasteiger partial charge in [-0.05, 0) is 18.1 Å². The van der Waals surface area contributed by atoms with E-state index in [9.17, 15) is 9.18 Å². The Kier molecular flexibility index (Phi) is 5.43. The molecular weight excluding hydrogens is 257 g/mol. The van der Waals surface area contributed by atoms with E-state index in [-0.39, 0.29) is 23.8 Å². The van der Waals surface area contributed by atoms with E-state index in [4.69, 9.17) is 10.8 Å². The predicted molar refractivity (Wildman–Crippen MR) is 69.1 cm³/mol. The highest BCUT2D eigenvalue weighted by Crippen LogP contribution is 2.28. The molecule has 18 heavy (non-hydrogen) atoms. The summed E-state index contributed by atoms with van der Waals surface area (Å²) in [4.78, 5) is 11.7. The number of nitrogen functional groups attached to an aromatic ring is 1. The first-order valence-electron chi connectivity index (χ1n) is 5.40. The summed E-state index contributed by atoms with van der Waals surface area (Å²) in [7, 11) is 1.24. The maximum Gasteiger partial charge on any atom is 0.339 e. The van der Waals surface area contributed by atoms with E-state index in [0.29, 0.717) is 10.6 Å². The van der Waals surface area contributed by atoms with Gasteiger partial charge in [-0.3, -0.25) is 0 Å². The number of hydrogen-bond donors (Lipinski definition) is 2. The summed E-state index contributed by atoms with van der Waals surface area (Å²) >= 11 is 1.23. The summed E-state index contributed by atoms with van der Waals surface area (Å²) in [6, 6.07) is 2.49. The van der Waals surface area contributed by atoms with Gasteiger partial charge in [0.2, 0.25) is 0 Å². The first-order valence-corrected chi connectivity index (χ1v) is 6.39. The van der Waals surface area contributed by atoms with Crippen molar-refractivity contribution in [3.8, 4) is 0 Å². The molecule has 1 rings (SSSR count). The van der Waals surface area contributed by atoms with Crippen molar-refractivity contribution in [2.75, 3.05) is 25.2 Å². The number of nitrogens with two attached hydrogens (primary N) is 1. The van der Waals surface area contributed by atoms with Gasteiger partial charge in [-0.15, -0.1) is 11.8 Å². The van der Waals surface area contributed by atoms with Crippen molar-refractivity contribution in [1.29, 1.82) is 0 Å². The molecule has 0 fully saturated rings. The van der Waals surface area contributed by atoms with Crippen LogP contribution in [0, 0.1) is 11.7 Å². The molecule has 0 saturated carbocycles. The Morgan fingerprint density at radius 2 is 2.28 bits per heavy atom. The van der Waals surface area contributed by atoms with Gasteiger partial charge >= 0.3 is 5.97 Å². The maximum absolute atomic E-state index is 13.6. The molecule has 1 atom stereocenters. The highest BCUT2D eigenvalue weighted by atomic mass is 32.2. The molecule has 0 saturated heterocycles. The zero-order valence-electron chi connectivity index (χ0n) is 10.3. The van der Waals surface area contributed by atoms with Crippen LogP contribution in [-0.4, -0.2) is 30.5 Å². The molecule has 0 bridgehead atoms. The molecule has 4 nitrogen and oxygen atoms in total. The van der Waals surface area contributed by atoms with Gasteiger partial charge in [0.25, 0.3) is 0 Å². The van der Waals surface area contributed by atoms with Crippen LogP contribution in [0.5, 0.6) is 0 Å². The number of thioether (sulfide) groups is 1. The number of ether oxygens (including phenoxy) is 1. The van der Waals surface area contributed by atoms with E-state index < -0.39 is 11.8 Å². The smallest absolute Gasteiger partial charge is 0.339 e. The minimum absolute atomic E-state index is 0.0352. The van der Waals surface area contributed by atoms with Crippen molar-refractivity contribution >= 4 is 23.4 Å². The van der Waals surface area contributed by atoms with Gasteiger partial charge in [0, 0.05) is 22.9 Å². The molecule has 3 N–H and O–H groups in total. The van der Waals surface area contributed by atoms with Crippen LogP contribution in [0.25, 0.3) is 0 Å². The number of benzene rings is 1. The Bertz CT molecular complexity index is 440. The highest BCUT2D eigenvalue weighted by molar-refractivity contribution is 7.99. The Labute approximate surface area is 109 Å². The third-order valence-corrected chi connectivity index (χ3v) is 3.70. The van der Waals surface area contributed by atoms with Crippen molar-refractivity contribution in [3.05, 3.63) is 23.5 Å². The van der Waals surface area contributed by atoms with Gasteiger partial charge < -0.3 is 15.6 Å². The van der Waals surface area contributed by atoms with Crippen LogP contribution in [0.4, 0.5) is 10.1 Å². The summed E-state index contributed by atoms with van der Waals surface area (Å²) < 4.78 is 18.2. The Hall–Kier alpha value is -1.27. The number of esters is 1. The number of anilines is 1. The minimum atomic E-state index is -0.593. The topological polar surface area (TPSA) is 72.5 Å². The molecule has 1 aromatic rings. The van der Waals surface area contributed by atoms with Gasteiger partial charge in [-0.25, -0.2) is 9.18 Å². The molecule has 100 valence electrons. The van der Waals surface area contributed by atoms with Gasteiger partial charge in [-0.1, -0.05) is 6.92 Å². The normalized spacial score (nSPS) is 12.2. The molecule has 0 aliphatic rings. The third-order valence-electron chi connectivity index (χ3n) is 2.34. The fraction of sp³-hybridized carbons (Fsp3) is 0.417. The lowest BCUT2D eigenvalue weighted by Crippen LogP contribution is -2.08. The number of hydrogen-bond acceptors (Lipinski definition) is 5. The predicted octanol–water partition coefficient (Wildman–Crippen LogP) is 1.91. The zero-order chi connectivity index (χ0) is 13.7. The number of aliphatic hydroxyl groups excluding tert-OH is 1. The molecule has 0 spiro atoms. The first-order chi connectivity index (χ1) is 8.49. The number of methoxy groups -OCH3 is 1. The molecule has 0 aliphatic carbocycles. The SMILES string of the molecule is COC(=O)c1cc(SCC(C)CO)c(F)cc1N. The van der Waals surface area contributed by atoms with Crippen LogP contribution in [0.15, 0.2) is 17.0 Å². The van der Waals surface area contributed by atoms with E-state index in [2.05, 4.69) is 4.74 Å². The number of halogens is 1. The molecule has 1 unspecified atom stereocenters. The highest BCUT2D eigenvalue weighted by Gasteiger charge is 2.15. The van der Waals surface area contributed by atoms with Crippen molar-refractivity contribution in [2.45, 2.75) is 11.8 Å². The Morgan fingerprint density at radius 1 is 1.61 bits per heavy atom. The summed E-state index contributed by atoms with van der Waals surface area (Å²) in [5, 5.41) is 8.91. The van der Waals surface area contributed by atoms with E-state index in [0.717, 1.165) is 6.07 Å². The summed E-state index contributed by atoms with van der Waals surface area (Å²) in [5.74, 6) is -0.466. The number of carbonyl (C=O) groups is 1. The van der Waals surface area contributed by atoms with E-state index >= 15 is 0 Å². The zero-order valence-corrected chi connectivity index (χ0v) is 11.1. The lowest BCUT2D eigenvalue weighted by molar-refractivity contribution is 0.0601. The Balaban J connectivity index is 2.94. The molecule has 6 heteroatoms. The van der Waals surface area contributed by atoms with Crippen molar-refractivity contribution in [3.63, 3.8) is 0 Å². The fourth-order valence-corrected chi connectivity index (χ4v) is 2.22. The van der Waals surface area contributed by atoms with E-state index in [1.165, 1.54) is 24.9 Å². The average Bonchev–Trinajstić information content (AvgIpc) is 2.36. The van der Waals surface area contributed by atoms with Crippen molar-refractivity contribution in [2.24, 2.45) is 5.92 Å². The van der Waals surface area contributed by atoms with Gasteiger partial charge in [0.15, 0.2) is 0 Å². The molecular formula is C12H16FNO3S. The average molecular weight is 273 g/mol. The number of rotatable bonds is 5. The summed E-state index contributed by atoms with van der Waals surface area (Å²) in [6.45, 7) is 1.89. The van der Waals surface area contributed by atoms with Crippen LogP contribution in [0.3, 0.4) is 0 Å². The summed E-state index contributed by atoms with van der Waals surface area (Å²) in [5.41, 5.74) is 5.76. The molecule has 1 aromatic carbocycles. The van der Waals surface area contributed by atoms with Crippen LogP contribution < -0.4 is 5.73 Å². The molecule has 0 heterocycles. The standard InChI is InChI=1S/C12H16FNO3S/c1-7(5-15)6-18-11-3-8(12(16)17-2)10(14)4-9(11)13/h3-4,7,15H,5-6,14H2,1-2H3. The second-order valence-corrected chi connectivity index (χ2v) is 5.02. The number of aliphatic hydroxyl groups is 1. The molecule has 0 amide bonds. The van der Waals surface area contributed by atoms with Crippen LogP contribution in [0.2, 0.25) is 0 Å². The minimum Gasteiger partial charge on any atom is -0.465 e. The van der Waals surface area contributed by atoms with Crippen molar-refractivity contribution < 1.29 is 19.0 Å². The molecule has 0 aromatic heterocycles.